The summed E-state index contributed by atoms with van der Waals surface area (Å²) in [5.41, 5.74) is 7.37. The van der Waals surface area contributed by atoms with Crippen molar-refractivity contribution in [2.45, 2.75) is 31.6 Å². The van der Waals surface area contributed by atoms with Crippen molar-refractivity contribution >= 4 is 11.6 Å². The first-order chi connectivity index (χ1) is 10.6. The fourth-order valence-electron chi connectivity index (χ4n) is 2.54. The summed E-state index contributed by atoms with van der Waals surface area (Å²) in [5.74, 6) is 0.869. The van der Waals surface area contributed by atoms with E-state index in [0.29, 0.717) is 6.54 Å². The summed E-state index contributed by atoms with van der Waals surface area (Å²) in [6.07, 6.45) is 3.18. The Bertz CT molecular complexity index is 555. The molecule has 2 N–H and O–H groups in total. The van der Waals surface area contributed by atoms with E-state index in [-0.39, 0.29) is 5.41 Å². The van der Waals surface area contributed by atoms with Crippen molar-refractivity contribution in [1.82, 2.24) is 0 Å². The minimum Gasteiger partial charge on any atom is -0.494 e. The standard InChI is InChI=1S/C19H24ClNO/c1-19(15-21,16-7-3-2-4-8-16)13-5-6-14-22-18-11-9-17(20)10-12-18/h2-4,7-12H,5-6,13-15,21H2,1H3. The normalized spacial score (nSPS) is 13.6. The minimum absolute atomic E-state index is 0.0432. The van der Waals surface area contributed by atoms with Crippen LogP contribution in [0.5, 0.6) is 5.75 Å². The largest absolute Gasteiger partial charge is 0.494 e. The summed E-state index contributed by atoms with van der Waals surface area (Å²) in [7, 11) is 0. The summed E-state index contributed by atoms with van der Waals surface area (Å²) in [5, 5.41) is 0.730. The van der Waals surface area contributed by atoms with Crippen LogP contribution in [0.3, 0.4) is 0 Å². The Morgan fingerprint density at radius 2 is 1.68 bits per heavy atom. The molecule has 0 radical (unpaired) electrons. The van der Waals surface area contributed by atoms with Gasteiger partial charge in [-0.3, -0.25) is 0 Å². The number of nitrogens with two attached hydrogens (primary N) is 1. The SMILES string of the molecule is CC(CN)(CCCCOc1ccc(Cl)cc1)c1ccccc1. The lowest BCUT2D eigenvalue weighted by Crippen LogP contribution is -2.31. The maximum Gasteiger partial charge on any atom is 0.119 e. The van der Waals surface area contributed by atoms with Crippen molar-refractivity contribution in [3.05, 3.63) is 65.2 Å². The molecule has 1 atom stereocenters. The second-order valence-electron chi connectivity index (χ2n) is 5.89. The summed E-state index contributed by atoms with van der Waals surface area (Å²) in [6.45, 7) is 3.62. The van der Waals surface area contributed by atoms with Crippen LogP contribution in [0.15, 0.2) is 54.6 Å². The van der Waals surface area contributed by atoms with Crippen molar-refractivity contribution in [1.29, 1.82) is 0 Å². The highest BCUT2D eigenvalue weighted by Gasteiger charge is 2.23. The molecule has 0 saturated carbocycles. The Kier molecular flexibility index (Phi) is 6.29. The highest BCUT2D eigenvalue weighted by Crippen LogP contribution is 2.28. The summed E-state index contributed by atoms with van der Waals surface area (Å²) in [6, 6.07) is 18.0. The first-order valence-electron chi connectivity index (χ1n) is 7.78. The number of unbranched alkanes of at least 4 members (excludes halogenated alkanes) is 1. The van der Waals surface area contributed by atoms with Crippen LogP contribution in [0.1, 0.15) is 31.7 Å². The molecule has 0 spiro atoms. The second kappa shape index (κ2) is 8.21. The van der Waals surface area contributed by atoms with Gasteiger partial charge in [0.2, 0.25) is 0 Å². The van der Waals surface area contributed by atoms with Crippen molar-refractivity contribution in [3.8, 4) is 5.75 Å². The average Bonchev–Trinajstić information content (AvgIpc) is 2.57. The van der Waals surface area contributed by atoms with Gasteiger partial charge in [-0.05, 0) is 49.1 Å². The quantitative estimate of drug-likeness (QED) is 0.709. The van der Waals surface area contributed by atoms with Crippen molar-refractivity contribution in [3.63, 3.8) is 0 Å². The molecule has 2 aromatic rings. The van der Waals surface area contributed by atoms with Crippen LogP contribution >= 0.6 is 11.6 Å². The molecule has 1 unspecified atom stereocenters. The van der Waals surface area contributed by atoms with Crippen LogP contribution in [-0.4, -0.2) is 13.2 Å². The lowest BCUT2D eigenvalue weighted by molar-refractivity contribution is 0.295. The zero-order chi connectivity index (χ0) is 15.8. The Morgan fingerprint density at radius 3 is 2.32 bits per heavy atom. The molecule has 118 valence electrons. The van der Waals surface area contributed by atoms with Gasteiger partial charge in [0.15, 0.2) is 0 Å². The Morgan fingerprint density at radius 1 is 1.00 bits per heavy atom. The van der Waals surface area contributed by atoms with Crippen LogP contribution in [0.25, 0.3) is 0 Å². The molecule has 0 aliphatic heterocycles. The van der Waals surface area contributed by atoms with Crippen molar-refractivity contribution < 1.29 is 4.74 Å². The number of hydrogen-bond donors (Lipinski definition) is 1. The van der Waals surface area contributed by atoms with Gasteiger partial charge in [0.25, 0.3) is 0 Å². The molecule has 2 aromatic carbocycles. The molecule has 0 fully saturated rings. The van der Waals surface area contributed by atoms with Crippen LogP contribution in [0.4, 0.5) is 0 Å². The van der Waals surface area contributed by atoms with Gasteiger partial charge in [-0.1, -0.05) is 48.9 Å². The van der Waals surface area contributed by atoms with E-state index in [1.54, 1.807) is 0 Å². The van der Waals surface area contributed by atoms with Crippen LogP contribution in [-0.2, 0) is 5.41 Å². The number of rotatable bonds is 8. The van der Waals surface area contributed by atoms with Gasteiger partial charge in [0.05, 0.1) is 6.61 Å². The molecular weight excluding hydrogens is 294 g/mol. The first-order valence-corrected chi connectivity index (χ1v) is 8.16. The number of ether oxygens (including phenoxy) is 1. The van der Waals surface area contributed by atoms with Crippen molar-refractivity contribution in [2.75, 3.05) is 13.2 Å². The third-order valence-corrected chi connectivity index (χ3v) is 4.38. The first kappa shape index (κ1) is 16.9. The summed E-state index contributed by atoms with van der Waals surface area (Å²) < 4.78 is 5.73. The third-order valence-electron chi connectivity index (χ3n) is 4.13. The van der Waals surface area contributed by atoms with E-state index in [1.165, 1.54) is 5.56 Å². The minimum atomic E-state index is 0.0432. The highest BCUT2D eigenvalue weighted by molar-refractivity contribution is 6.30. The highest BCUT2D eigenvalue weighted by atomic mass is 35.5. The predicted octanol–water partition coefficient (Wildman–Crippen LogP) is 4.81. The maximum atomic E-state index is 6.02. The van der Waals surface area contributed by atoms with Gasteiger partial charge in [-0.25, -0.2) is 0 Å². The topological polar surface area (TPSA) is 35.2 Å². The maximum absolute atomic E-state index is 6.02. The van der Waals surface area contributed by atoms with E-state index in [4.69, 9.17) is 22.1 Å². The van der Waals surface area contributed by atoms with E-state index in [9.17, 15) is 0 Å². The van der Waals surface area contributed by atoms with Gasteiger partial charge in [0, 0.05) is 17.0 Å². The van der Waals surface area contributed by atoms with Gasteiger partial charge >= 0.3 is 0 Å². The number of hydrogen-bond acceptors (Lipinski definition) is 2. The third kappa shape index (κ3) is 4.75. The van der Waals surface area contributed by atoms with Gasteiger partial charge in [0.1, 0.15) is 5.75 Å². The molecule has 0 aromatic heterocycles. The molecule has 22 heavy (non-hydrogen) atoms. The molecule has 0 heterocycles. The molecule has 2 rings (SSSR count). The lowest BCUT2D eigenvalue weighted by atomic mass is 9.78. The van der Waals surface area contributed by atoms with E-state index in [2.05, 4.69) is 31.2 Å². The zero-order valence-corrected chi connectivity index (χ0v) is 13.9. The molecule has 0 aliphatic rings. The second-order valence-corrected chi connectivity index (χ2v) is 6.33. The number of benzene rings is 2. The zero-order valence-electron chi connectivity index (χ0n) is 13.1. The molecule has 0 bridgehead atoms. The molecule has 2 nitrogen and oxygen atoms in total. The van der Waals surface area contributed by atoms with Gasteiger partial charge < -0.3 is 10.5 Å². The van der Waals surface area contributed by atoms with Crippen LogP contribution < -0.4 is 10.5 Å². The van der Waals surface area contributed by atoms with E-state index < -0.39 is 0 Å². The van der Waals surface area contributed by atoms with E-state index in [1.807, 2.05) is 30.3 Å². The van der Waals surface area contributed by atoms with E-state index >= 15 is 0 Å². The molecule has 0 aliphatic carbocycles. The number of halogens is 1. The van der Waals surface area contributed by atoms with Gasteiger partial charge in [-0.2, -0.15) is 0 Å². The molecule has 0 amide bonds. The fraction of sp³-hybridized carbons (Fsp3) is 0.368. The van der Waals surface area contributed by atoms with E-state index in [0.717, 1.165) is 36.6 Å². The summed E-state index contributed by atoms with van der Waals surface area (Å²) >= 11 is 5.85. The van der Waals surface area contributed by atoms with Crippen LogP contribution in [0, 0.1) is 0 Å². The predicted molar refractivity (Wildman–Crippen MR) is 93.6 cm³/mol. The Balaban J connectivity index is 1.76. The Labute approximate surface area is 138 Å². The average molecular weight is 318 g/mol. The van der Waals surface area contributed by atoms with Gasteiger partial charge in [-0.15, -0.1) is 0 Å². The smallest absolute Gasteiger partial charge is 0.119 e. The fourth-order valence-corrected chi connectivity index (χ4v) is 2.67. The molecular formula is C19H24ClNO. The molecule has 3 heteroatoms. The monoisotopic (exact) mass is 317 g/mol. The molecule has 0 saturated heterocycles. The Hall–Kier alpha value is -1.51. The van der Waals surface area contributed by atoms with Crippen LogP contribution in [0.2, 0.25) is 5.02 Å². The lowest BCUT2D eigenvalue weighted by Gasteiger charge is -2.28. The van der Waals surface area contributed by atoms with Crippen molar-refractivity contribution in [2.24, 2.45) is 5.73 Å². The summed E-state index contributed by atoms with van der Waals surface area (Å²) in [4.78, 5) is 0.